The maximum atomic E-state index is 12.3. The molecule has 0 aliphatic carbocycles. The van der Waals surface area contributed by atoms with Crippen molar-refractivity contribution in [2.24, 2.45) is 5.41 Å². The molecule has 0 N–H and O–H groups in total. The summed E-state index contributed by atoms with van der Waals surface area (Å²) >= 11 is 3.43. The molecule has 5 heteroatoms. The fourth-order valence-corrected chi connectivity index (χ4v) is 2.45. The minimum Gasteiger partial charge on any atom is -0.377 e. The Bertz CT molecular complexity index is 547. The monoisotopic (exact) mass is 322 g/mol. The fourth-order valence-electron chi connectivity index (χ4n) is 2.05. The Labute approximate surface area is 121 Å². The van der Waals surface area contributed by atoms with E-state index in [1.807, 2.05) is 25.1 Å². The fraction of sp³-hybridized carbons (Fsp3) is 0.429. The highest BCUT2D eigenvalue weighted by molar-refractivity contribution is 9.10. The van der Waals surface area contributed by atoms with Gasteiger partial charge in [-0.1, -0.05) is 22.0 Å². The van der Waals surface area contributed by atoms with Gasteiger partial charge in [0.15, 0.2) is 5.41 Å². The maximum Gasteiger partial charge on any atom is 0.247 e. The zero-order chi connectivity index (χ0) is 14.0. The van der Waals surface area contributed by atoms with Gasteiger partial charge in [-0.2, -0.15) is 5.26 Å². The summed E-state index contributed by atoms with van der Waals surface area (Å²) in [6, 6.07) is 8.05. The smallest absolute Gasteiger partial charge is 0.247 e. The molecule has 0 atom stereocenters. The van der Waals surface area contributed by atoms with E-state index in [0.717, 1.165) is 15.6 Å². The summed E-state index contributed by atoms with van der Waals surface area (Å²) in [7, 11) is 1.72. The predicted octanol–water partition coefficient (Wildman–Crippen LogP) is 2.26. The summed E-state index contributed by atoms with van der Waals surface area (Å²) in [5.41, 5.74) is 1.21. The highest BCUT2D eigenvalue weighted by Gasteiger charge is 2.48. The van der Waals surface area contributed by atoms with E-state index >= 15 is 0 Å². The third-order valence-corrected chi connectivity index (χ3v) is 3.88. The number of amides is 1. The molecule has 0 radical (unpaired) electrons. The predicted molar refractivity (Wildman–Crippen MR) is 74.2 cm³/mol. The highest BCUT2D eigenvalue weighted by atomic mass is 79.9. The lowest BCUT2D eigenvalue weighted by Gasteiger charge is -2.36. The normalized spacial score (nSPS) is 16.3. The second-order valence-corrected chi connectivity index (χ2v) is 5.83. The van der Waals surface area contributed by atoms with Crippen molar-refractivity contribution in [3.8, 4) is 6.07 Å². The number of nitrogens with zero attached hydrogens (tertiary/aromatic N) is 2. The number of rotatable bonds is 3. The van der Waals surface area contributed by atoms with Crippen molar-refractivity contribution in [1.29, 1.82) is 5.26 Å². The van der Waals surface area contributed by atoms with Gasteiger partial charge in [-0.15, -0.1) is 0 Å². The lowest BCUT2D eigenvalue weighted by molar-refractivity contribution is -0.160. The van der Waals surface area contributed by atoms with Crippen LogP contribution in [0.25, 0.3) is 0 Å². The van der Waals surface area contributed by atoms with Crippen LogP contribution in [0.15, 0.2) is 22.7 Å². The Morgan fingerprint density at radius 3 is 2.79 bits per heavy atom. The van der Waals surface area contributed by atoms with Gasteiger partial charge >= 0.3 is 0 Å². The third-order valence-electron chi connectivity index (χ3n) is 3.39. The van der Waals surface area contributed by atoms with Gasteiger partial charge in [0, 0.05) is 18.1 Å². The summed E-state index contributed by atoms with van der Waals surface area (Å²) < 4.78 is 6.00. The molecule has 4 nitrogen and oxygen atoms in total. The van der Waals surface area contributed by atoms with Crippen LogP contribution >= 0.6 is 15.9 Å². The molecule has 100 valence electrons. The van der Waals surface area contributed by atoms with Gasteiger partial charge in [-0.3, -0.25) is 4.79 Å². The van der Waals surface area contributed by atoms with Crippen LogP contribution in [0.1, 0.15) is 11.1 Å². The molecule has 0 aromatic heterocycles. The van der Waals surface area contributed by atoms with E-state index in [0.29, 0.717) is 6.54 Å². The Kier molecular flexibility index (Phi) is 3.93. The molecular weight excluding hydrogens is 308 g/mol. The van der Waals surface area contributed by atoms with E-state index in [1.165, 1.54) is 0 Å². The van der Waals surface area contributed by atoms with Gasteiger partial charge < -0.3 is 9.64 Å². The van der Waals surface area contributed by atoms with Crippen LogP contribution in [0.3, 0.4) is 0 Å². The summed E-state index contributed by atoms with van der Waals surface area (Å²) in [6.45, 7) is 2.90. The minimum atomic E-state index is -0.978. The first-order chi connectivity index (χ1) is 8.98. The van der Waals surface area contributed by atoms with E-state index in [2.05, 4.69) is 22.0 Å². The van der Waals surface area contributed by atoms with Gasteiger partial charge in [0.25, 0.3) is 0 Å². The number of halogens is 1. The summed E-state index contributed by atoms with van der Waals surface area (Å²) in [5, 5.41) is 9.14. The minimum absolute atomic E-state index is 0.166. The SMILES string of the molecule is Cc1ccc(Br)cc1CN(C)C(=O)C1(C#N)COC1. The largest absolute Gasteiger partial charge is 0.377 e. The van der Waals surface area contributed by atoms with Crippen molar-refractivity contribution < 1.29 is 9.53 Å². The van der Waals surface area contributed by atoms with Crippen LogP contribution in [0.2, 0.25) is 0 Å². The molecule has 0 bridgehead atoms. The topological polar surface area (TPSA) is 53.3 Å². The number of ether oxygens (including phenoxy) is 1. The summed E-state index contributed by atoms with van der Waals surface area (Å²) in [5.74, 6) is -0.166. The average molecular weight is 323 g/mol. The molecule has 2 rings (SSSR count). The summed E-state index contributed by atoms with van der Waals surface area (Å²) in [6.07, 6.45) is 0. The molecular formula is C14H15BrN2O2. The van der Waals surface area contributed by atoms with E-state index in [9.17, 15) is 4.79 Å². The van der Waals surface area contributed by atoms with Gasteiger partial charge in [0.1, 0.15) is 0 Å². The molecule has 1 heterocycles. The molecule has 1 saturated heterocycles. The number of benzene rings is 1. The van der Waals surface area contributed by atoms with E-state index in [1.54, 1.807) is 11.9 Å². The van der Waals surface area contributed by atoms with Crippen molar-refractivity contribution in [1.82, 2.24) is 4.90 Å². The summed E-state index contributed by atoms with van der Waals surface area (Å²) in [4.78, 5) is 13.9. The number of hydrogen-bond acceptors (Lipinski definition) is 3. The highest BCUT2D eigenvalue weighted by Crippen LogP contribution is 2.29. The van der Waals surface area contributed by atoms with Crippen molar-refractivity contribution in [3.63, 3.8) is 0 Å². The van der Waals surface area contributed by atoms with Gasteiger partial charge in [0.05, 0.1) is 19.3 Å². The van der Waals surface area contributed by atoms with Gasteiger partial charge in [0.2, 0.25) is 5.91 Å². The lowest BCUT2D eigenvalue weighted by Crippen LogP contribution is -2.53. The first-order valence-electron chi connectivity index (χ1n) is 5.98. The molecule has 1 aromatic rings. The first-order valence-corrected chi connectivity index (χ1v) is 6.77. The Hall–Kier alpha value is -1.38. The van der Waals surface area contributed by atoms with Crippen molar-refractivity contribution in [3.05, 3.63) is 33.8 Å². The molecule has 0 saturated carbocycles. The number of carbonyl (C=O) groups is 1. The quantitative estimate of drug-likeness (QED) is 0.857. The zero-order valence-electron chi connectivity index (χ0n) is 10.9. The number of nitriles is 1. The van der Waals surface area contributed by atoms with Crippen LogP contribution in [-0.4, -0.2) is 31.1 Å². The second kappa shape index (κ2) is 5.32. The van der Waals surface area contributed by atoms with Crippen molar-refractivity contribution >= 4 is 21.8 Å². The Morgan fingerprint density at radius 1 is 1.58 bits per heavy atom. The van der Waals surface area contributed by atoms with Crippen LogP contribution in [0.5, 0.6) is 0 Å². The number of carbonyl (C=O) groups excluding carboxylic acids is 1. The molecule has 1 aliphatic heterocycles. The molecule has 1 aromatic carbocycles. The first kappa shape index (κ1) is 14.0. The molecule has 0 spiro atoms. The maximum absolute atomic E-state index is 12.3. The van der Waals surface area contributed by atoms with Crippen molar-refractivity contribution in [2.45, 2.75) is 13.5 Å². The molecule has 1 amide bonds. The van der Waals surface area contributed by atoms with E-state index in [-0.39, 0.29) is 19.1 Å². The average Bonchev–Trinajstić information content (AvgIpc) is 2.33. The molecule has 1 aliphatic rings. The zero-order valence-corrected chi connectivity index (χ0v) is 12.5. The van der Waals surface area contributed by atoms with Crippen LogP contribution < -0.4 is 0 Å². The Morgan fingerprint density at radius 2 is 2.26 bits per heavy atom. The number of hydrogen-bond donors (Lipinski definition) is 0. The van der Waals surface area contributed by atoms with Gasteiger partial charge in [-0.25, -0.2) is 0 Å². The molecule has 19 heavy (non-hydrogen) atoms. The Balaban J connectivity index is 2.13. The molecule has 1 fully saturated rings. The molecule has 0 unspecified atom stereocenters. The second-order valence-electron chi connectivity index (χ2n) is 4.92. The van der Waals surface area contributed by atoms with Crippen LogP contribution in [-0.2, 0) is 16.1 Å². The van der Waals surface area contributed by atoms with E-state index in [4.69, 9.17) is 10.00 Å². The van der Waals surface area contributed by atoms with E-state index < -0.39 is 5.41 Å². The standard InChI is InChI=1S/C14H15BrN2O2/c1-10-3-4-12(15)5-11(10)6-17(2)13(18)14(7-16)8-19-9-14/h3-5H,6,8-9H2,1-2H3. The van der Waals surface area contributed by atoms with Crippen LogP contribution in [0.4, 0.5) is 0 Å². The lowest BCUT2D eigenvalue weighted by atomic mass is 9.86. The van der Waals surface area contributed by atoms with Crippen LogP contribution in [0, 0.1) is 23.7 Å². The third kappa shape index (κ3) is 2.65. The van der Waals surface area contributed by atoms with Crippen molar-refractivity contribution in [2.75, 3.05) is 20.3 Å². The number of aryl methyl sites for hydroxylation is 1. The van der Waals surface area contributed by atoms with Gasteiger partial charge in [-0.05, 0) is 30.2 Å².